The Hall–Kier alpha value is -7.20. The number of benzene rings is 4. The molecule has 16 heteroatoms. The molecule has 1 saturated carbocycles. The quantitative estimate of drug-likeness (QED) is 0.0217. The van der Waals surface area contributed by atoms with Crippen molar-refractivity contribution in [2.75, 3.05) is 54.6 Å². The van der Waals surface area contributed by atoms with Crippen molar-refractivity contribution in [2.24, 2.45) is 0 Å². The molecule has 0 aliphatic heterocycles. The summed E-state index contributed by atoms with van der Waals surface area (Å²) in [7, 11) is 0. The van der Waals surface area contributed by atoms with E-state index in [1.165, 1.54) is 73.7 Å². The van der Waals surface area contributed by atoms with E-state index >= 15 is 0 Å². The number of pyridine rings is 1. The average Bonchev–Trinajstić information content (AvgIpc) is 3.24. The Labute approximate surface area is 361 Å². The highest BCUT2D eigenvalue weighted by atomic mass is 16.7. The summed E-state index contributed by atoms with van der Waals surface area (Å²) in [6, 6.07) is 24.8. The molecule has 1 aliphatic rings. The zero-order valence-corrected chi connectivity index (χ0v) is 34.9. The van der Waals surface area contributed by atoms with E-state index in [0.29, 0.717) is 63.2 Å². The number of nitrogens with zero attached hydrogens (tertiary/aromatic N) is 1. The second kappa shape index (κ2) is 24.8. The van der Waals surface area contributed by atoms with E-state index in [2.05, 4.69) is 24.0 Å². The molecule has 16 nitrogen and oxygen atoms in total. The predicted octanol–water partition coefficient (Wildman–Crippen LogP) is 7.66. The minimum atomic E-state index is -1.02. The molecule has 0 amide bonds. The van der Waals surface area contributed by atoms with Crippen molar-refractivity contribution in [3.05, 3.63) is 126 Å². The molecular weight excluding hydrogens is 795 g/mol. The molecule has 6 rings (SSSR count). The summed E-state index contributed by atoms with van der Waals surface area (Å²) in [5.74, 6) is -0.300. The number of aromatic nitrogens is 1. The number of hydrogen-bond acceptors (Lipinski definition) is 15. The number of hydrogen-bond donors (Lipinski definition) is 7. The van der Waals surface area contributed by atoms with Crippen LogP contribution in [0.3, 0.4) is 0 Å². The SMILES string of the molecule is CCCCCCOC1CCC(c2ccc(OCOC(=O)c3cc(N)cc(N)c3)cc2)CC1.Nc1cc(N)cc(C(=O)O)c1.Nc1cc(N)cc(C(=O)OCOc2ccncc2)c1. The molecule has 62 heavy (non-hydrogen) atoms. The first kappa shape index (κ1) is 47.5. The van der Waals surface area contributed by atoms with E-state index < -0.39 is 17.9 Å². The van der Waals surface area contributed by atoms with Crippen molar-refractivity contribution in [3.8, 4) is 11.5 Å². The Balaban J connectivity index is 0.000000236. The number of unbranched alkanes of at least 4 members (excludes halogenated alkanes) is 3. The van der Waals surface area contributed by atoms with E-state index in [0.717, 1.165) is 32.3 Å². The summed E-state index contributed by atoms with van der Waals surface area (Å²) in [4.78, 5) is 38.1. The van der Waals surface area contributed by atoms with E-state index in [1.807, 2.05) is 12.1 Å². The molecule has 330 valence electrons. The van der Waals surface area contributed by atoms with Gasteiger partial charge in [0.2, 0.25) is 13.6 Å². The number of nitrogens with two attached hydrogens (primary N) is 6. The highest BCUT2D eigenvalue weighted by molar-refractivity contribution is 5.92. The number of nitrogen functional groups attached to an aromatic ring is 6. The third-order valence-corrected chi connectivity index (χ3v) is 9.51. The third-order valence-electron chi connectivity index (χ3n) is 9.51. The zero-order chi connectivity index (χ0) is 44.9. The monoisotopic (exact) mass is 851 g/mol. The first-order valence-electron chi connectivity index (χ1n) is 20.2. The molecule has 0 spiro atoms. The number of carboxylic acids is 1. The minimum absolute atomic E-state index is 0.113. The fourth-order valence-corrected chi connectivity index (χ4v) is 6.47. The van der Waals surface area contributed by atoms with E-state index in [-0.39, 0.29) is 24.7 Å². The van der Waals surface area contributed by atoms with Crippen LogP contribution in [0.4, 0.5) is 34.1 Å². The molecule has 0 saturated heterocycles. The number of carbonyl (C=O) groups excluding carboxylic acids is 2. The van der Waals surface area contributed by atoms with Crippen LogP contribution in [0, 0.1) is 0 Å². The number of rotatable bonds is 16. The van der Waals surface area contributed by atoms with Crippen LogP contribution in [0.5, 0.6) is 11.5 Å². The highest BCUT2D eigenvalue weighted by Crippen LogP contribution is 2.35. The van der Waals surface area contributed by atoms with Crippen LogP contribution in [-0.2, 0) is 14.2 Å². The smallest absolute Gasteiger partial charge is 0.341 e. The maximum atomic E-state index is 12.1. The Bertz CT molecular complexity index is 2120. The standard InChI is InChI=1S/C26H36N2O4.C13H13N3O3.C7H8N2O2/c1-2-3-4-5-14-30-24-10-6-19(7-11-24)20-8-12-25(13-9-20)31-18-32-26(29)21-15-22(27)17-23(28)16-21;14-10-5-9(6-11(15)7-10)13(17)19-8-18-12-1-3-16-4-2-12;8-5-1-4(7(10)11)2-6(9)3-5/h8-9,12-13,15-17,19,24H,2-7,10-11,14,18,27-28H2,1H3;1-7H,8,14-15H2;1-3H,8-9H2,(H,10,11). The average molecular weight is 852 g/mol. The first-order valence-corrected chi connectivity index (χ1v) is 20.2. The topological polar surface area (TPSA) is 287 Å². The number of carbonyl (C=O) groups is 3. The Kier molecular flexibility index (Phi) is 19.0. The lowest BCUT2D eigenvalue weighted by molar-refractivity contribution is 0.0144. The van der Waals surface area contributed by atoms with Gasteiger partial charge in [0.1, 0.15) is 11.5 Å². The van der Waals surface area contributed by atoms with Crippen LogP contribution >= 0.6 is 0 Å². The Morgan fingerprint density at radius 3 is 1.45 bits per heavy atom. The normalized spacial score (nSPS) is 14.1. The molecule has 1 aliphatic carbocycles. The van der Waals surface area contributed by atoms with Crippen molar-refractivity contribution in [2.45, 2.75) is 70.3 Å². The first-order chi connectivity index (χ1) is 29.8. The summed E-state index contributed by atoms with van der Waals surface area (Å²) in [6.07, 6.45) is 13.2. The van der Waals surface area contributed by atoms with Gasteiger partial charge in [-0.3, -0.25) is 4.98 Å². The van der Waals surface area contributed by atoms with Crippen molar-refractivity contribution < 1.29 is 43.2 Å². The van der Waals surface area contributed by atoms with Crippen LogP contribution in [0.15, 0.2) is 103 Å². The van der Waals surface area contributed by atoms with Gasteiger partial charge in [0.05, 0.1) is 22.8 Å². The zero-order valence-electron chi connectivity index (χ0n) is 34.9. The molecule has 5 aromatic rings. The van der Waals surface area contributed by atoms with E-state index in [1.54, 1.807) is 36.7 Å². The van der Waals surface area contributed by atoms with Gasteiger partial charge in [0, 0.05) is 53.1 Å². The van der Waals surface area contributed by atoms with Crippen molar-refractivity contribution in [3.63, 3.8) is 0 Å². The largest absolute Gasteiger partial charge is 0.478 e. The van der Waals surface area contributed by atoms with Gasteiger partial charge < -0.3 is 63.2 Å². The summed E-state index contributed by atoms with van der Waals surface area (Å²) < 4.78 is 27.0. The summed E-state index contributed by atoms with van der Waals surface area (Å²) in [5, 5.41) is 8.52. The van der Waals surface area contributed by atoms with E-state index in [9.17, 15) is 14.4 Å². The van der Waals surface area contributed by atoms with Gasteiger partial charge in [-0.15, -0.1) is 0 Å². The maximum absolute atomic E-state index is 12.1. The second-order valence-electron chi connectivity index (χ2n) is 14.5. The molecule has 4 aromatic carbocycles. The van der Waals surface area contributed by atoms with Gasteiger partial charge in [-0.05, 0) is 122 Å². The van der Waals surface area contributed by atoms with Gasteiger partial charge in [0.15, 0.2) is 0 Å². The molecule has 0 radical (unpaired) electrons. The molecule has 1 aromatic heterocycles. The number of aromatic carboxylic acids is 1. The number of ether oxygens (including phenoxy) is 5. The molecule has 0 bridgehead atoms. The lowest BCUT2D eigenvalue weighted by atomic mass is 9.83. The predicted molar refractivity (Wildman–Crippen MR) is 240 cm³/mol. The fourth-order valence-electron chi connectivity index (χ4n) is 6.47. The molecule has 1 fully saturated rings. The van der Waals surface area contributed by atoms with Gasteiger partial charge in [-0.25, -0.2) is 14.4 Å². The lowest BCUT2D eigenvalue weighted by Crippen LogP contribution is -2.21. The lowest BCUT2D eigenvalue weighted by Gasteiger charge is -2.29. The molecule has 13 N–H and O–H groups in total. The Morgan fingerprint density at radius 1 is 0.581 bits per heavy atom. The van der Waals surface area contributed by atoms with Gasteiger partial charge in [-0.1, -0.05) is 38.3 Å². The van der Waals surface area contributed by atoms with Crippen LogP contribution in [0.1, 0.15) is 101 Å². The van der Waals surface area contributed by atoms with Gasteiger partial charge in [0.25, 0.3) is 0 Å². The minimum Gasteiger partial charge on any atom is -0.478 e. The molecular formula is C46H57N7O9. The van der Waals surface area contributed by atoms with Crippen LogP contribution < -0.4 is 43.9 Å². The van der Waals surface area contributed by atoms with Crippen molar-refractivity contribution >= 4 is 52.0 Å². The van der Waals surface area contributed by atoms with Crippen molar-refractivity contribution in [1.29, 1.82) is 0 Å². The molecule has 0 unspecified atom stereocenters. The molecule has 1 heterocycles. The van der Waals surface area contributed by atoms with E-state index in [4.69, 9.17) is 63.2 Å². The number of esters is 2. The summed E-state index contributed by atoms with van der Waals surface area (Å²) in [6.45, 7) is 2.76. The number of anilines is 6. The van der Waals surface area contributed by atoms with Gasteiger partial charge in [-0.2, -0.15) is 0 Å². The summed E-state index contributed by atoms with van der Waals surface area (Å²) >= 11 is 0. The van der Waals surface area contributed by atoms with Crippen LogP contribution in [0.2, 0.25) is 0 Å². The molecule has 0 atom stereocenters. The number of carboxylic acid groups (broad SMARTS) is 1. The summed E-state index contributed by atoms with van der Waals surface area (Å²) in [5.41, 5.74) is 37.7. The maximum Gasteiger partial charge on any atom is 0.341 e. The van der Waals surface area contributed by atoms with Crippen LogP contribution in [0.25, 0.3) is 0 Å². The van der Waals surface area contributed by atoms with Crippen molar-refractivity contribution in [1.82, 2.24) is 4.98 Å². The highest BCUT2D eigenvalue weighted by Gasteiger charge is 2.23. The van der Waals surface area contributed by atoms with Crippen LogP contribution in [-0.4, -0.2) is 54.3 Å². The second-order valence-corrected chi connectivity index (χ2v) is 14.5. The van der Waals surface area contributed by atoms with Gasteiger partial charge >= 0.3 is 17.9 Å². The Morgan fingerprint density at radius 2 is 1.02 bits per heavy atom. The fraction of sp³-hybridized carbons (Fsp3) is 0.304. The third kappa shape index (κ3) is 16.8.